The van der Waals surface area contributed by atoms with Gasteiger partial charge >= 0.3 is 6.18 Å². The number of aromatic nitrogens is 3. The first-order chi connectivity index (χ1) is 16.8. The van der Waals surface area contributed by atoms with Crippen molar-refractivity contribution in [3.05, 3.63) is 95.8 Å². The lowest BCUT2D eigenvalue weighted by molar-refractivity contribution is -0.137. The number of carbonyl (C=O) groups is 1. The molecule has 0 saturated carbocycles. The first-order valence-electron chi connectivity index (χ1n) is 10.5. The van der Waals surface area contributed by atoms with Crippen LogP contribution in [0.25, 0.3) is 11.4 Å². The van der Waals surface area contributed by atoms with Crippen molar-refractivity contribution >= 4 is 23.4 Å². The normalized spacial score (nSPS) is 17.4. The molecule has 1 amide bonds. The lowest BCUT2D eigenvalue weighted by Gasteiger charge is -2.33. The van der Waals surface area contributed by atoms with Crippen LogP contribution in [0.5, 0.6) is 0 Å². The van der Waals surface area contributed by atoms with Gasteiger partial charge in [-0.2, -0.15) is 13.2 Å². The molecule has 11 heteroatoms. The van der Waals surface area contributed by atoms with Crippen molar-refractivity contribution in [1.29, 1.82) is 0 Å². The number of nitrogens with zero attached hydrogens (tertiary/aromatic N) is 3. The molecule has 3 aromatic carbocycles. The summed E-state index contributed by atoms with van der Waals surface area (Å²) in [4.78, 5) is 13.3. The number of fused-ring (bicyclic) bond motifs is 1. The molecule has 0 aliphatic carbocycles. The van der Waals surface area contributed by atoms with Crippen molar-refractivity contribution in [2.45, 2.75) is 22.6 Å². The first kappa shape index (κ1) is 22.9. The maximum atomic E-state index is 13.6. The highest BCUT2D eigenvalue weighted by Crippen LogP contribution is 2.40. The van der Waals surface area contributed by atoms with E-state index in [1.54, 1.807) is 4.68 Å². The van der Waals surface area contributed by atoms with Gasteiger partial charge in [-0.05, 0) is 29.8 Å². The lowest BCUT2D eigenvalue weighted by atomic mass is 10.0. The number of alkyl halides is 3. The van der Waals surface area contributed by atoms with E-state index in [9.17, 15) is 22.4 Å². The Kier molecular flexibility index (Phi) is 5.93. The van der Waals surface area contributed by atoms with Gasteiger partial charge in [0.05, 0.1) is 17.3 Å². The van der Waals surface area contributed by atoms with E-state index in [1.165, 1.54) is 42.5 Å². The summed E-state index contributed by atoms with van der Waals surface area (Å²) in [5, 5.41) is 10.2. The fourth-order valence-corrected chi connectivity index (χ4v) is 4.87. The zero-order chi connectivity index (χ0) is 24.6. The van der Waals surface area contributed by atoms with Gasteiger partial charge in [0.1, 0.15) is 11.1 Å². The summed E-state index contributed by atoms with van der Waals surface area (Å²) in [6.07, 6.45) is -4.64. The molecule has 1 aliphatic rings. The van der Waals surface area contributed by atoms with Crippen LogP contribution in [-0.2, 0) is 11.0 Å². The van der Waals surface area contributed by atoms with E-state index >= 15 is 0 Å². The molecule has 2 N–H and O–H groups in total. The van der Waals surface area contributed by atoms with E-state index in [0.29, 0.717) is 16.5 Å². The molecule has 0 fully saturated rings. The smallest absolute Gasteiger partial charge is 0.324 e. The predicted molar refractivity (Wildman–Crippen MR) is 124 cm³/mol. The van der Waals surface area contributed by atoms with Crippen LogP contribution in [-0.4, -0.2) is 26.0 Å². The molecule has 2 atom stereocenters. The Balaban J connectivity index is 1.52. The average molecular weight is 499 g/mol. The highest BCUT2D eigenvalue weighted by Gasteiger charge is 2.39. The molecule has 4 aromatic rings. The summed E-state index contributed by atoms with van der Waals surface area (Å²) in [5.74, 6) is -0.613. The molecule has 0 saturated heterocycles. The third-order valence-electron chi connectivity index (χ3n) is 5.45. The number of anilines is 1. The molecule has 1 aliphatic heterocycles. The molecule has 0 unspecified atom stereocenters. The summed E-state index contributed by atoms with van der Waals surface area (Å²) in [5.41, 5.74) is 3.26. The van der Waals surface area contributed by atoms with E-state index < -0.39 is 34.8 Å². The van der Waals surface area contributed by atoms with Crippen LogP contribution in [0, 0.1) is 5.82 Å². The van der Waals surface area contributed by atoms with Crippen LogP contribution < -0.4 is 10.7 Å². The molecule has 1 aromatic heterocycles. The van der Waals surface area contributed by atoms with Gasteiger partial charge in [-0.1, -0.05) is 66.4 Å². The minimum absolute atomic E-state index is 0.347. The minimum atomic E-state index is -4.64. The summed E-state index contributed by atoms with van der Waals surface area (Å²) < 4.78 is 55.6. The van der Waals surface area contributed by atoms with Gasteiger partial charge in [0.15, 0.2) is 5.82 Å². The van der Waals surface area contributed by atoms with E-state index in [-0.39, 0.29) is 5.69 Å². The number of thioether (sulfide) groups is 1. The Hall–Kier alpha value is -3.86. The largest absolute Gasteiger partial charge is 0.418 e. The number of hydrogen-bond acceptors (Lipinski definition) is 5. The van der Waals surface area contributed by atoms with Crippen molar-refractivity contribution < 1.29 is 22.4 Å². The Morgan fingerprint density at radius 3 is 2.34 bits per heavy atom. The number of halogens is 4. The molecule has 0 spiro atoms. The van der Waals surface area contributed by atoms with E-state index in [2.05, 4.69) is 20.9 Å². The topological polar surface area (TPSA) is 71.8 Å². The average Bonchev–Trinajstić information content (AvgIpc) is 3.27. The molecule has 0 bridgehead atoms. The SMILES string of the molecule is O=C(Nc1ccccc1C(F)(F)F)[C@@H]1Sc2nnc(-c3ccccc3)n2N[C@H]1c1ccc(F)cc1. The molecular weight excluding hydrogens is 482 g/mol. The van der Waals surface area contributed by atoms with Crippen molar-refractivity contribution in [1.82, 2.24) is 14.9 Å². The standard InChI is InChI=1S/C24H17F4N5OS/c25-16-12-10-14(11-13-16)19-20(22(34)29-18-9-5-4-8-17(18)24(26,27)28)35-23-31-30-21(33(23)32-19)15-6-2-1-3-7-15/h1-13,19-20,32H,(H,29,34)/t19-,20+/m0/s1. The first-order valence-corrected chi connectivity index (χ1v) is 11.4. The van der Waals surface area contributed by atoms with Crippen LogP contribution in [0.3, 0.4) is 0 Å². The van der Waals surface area contributed by atoms with Crippen LogP contribution in [0.4, 0.5) is 23.2 Å². The molecular formula is C24H17F4N5OS. The number of carbonyl (C=O) groups excluding carboxylic acids is 1. The van der Waals surface area contributed by atoms with E-state index in [0.717, 1.165) is 23.4 Å². The lowest BCUT2D eigenvalue weighted by Crippen LogP contribution is -2.41. The quantitative estimate of drug-likeness (QED) is 0.363. The van der Waals surface area contributed by atoms with Crippen LogP contribution >= 0.6 is 11.8 Å². The van der Waals surface area contributed by atoms with Crippen molar-refractivity contribution in [2.24, 2.45) is 0 Å². The third-order valence-corrected chi connectivity index (χ3v) is 6.66. The van der Waals surface area contributed by atoms with Gasteiger partial charge in [0.25, 0.3) is 0 Å². The van der Waals surface area contributed by atoms with Crippen LogP contribution in [0.15, 0.2) is 84.0 Å². The van der Waals surface area contributed by atoms with Gasteiger partial charge in [0, 0.05) is 5.56 Å². The predicted octanol–water partition coefficient (Wildman–Crippen LogP) is 5.50. The highest BCUT2D eigenvalue weighted by atomic mass is 32.2. The van der Waals surface area contributed by atoms with Crippen LogP contribution in [0.2, 0.25) is 0 Å². The van der Waals surface area contributed by atoms with Gasteiger partial charge in [-0.25, -0.2) is 9.07 Å². The van der Waals surface area contributed by atoms with Crippen molar-refractivity contribution in [2.75, 3.05) is 10.7 Å². The zero-order valence-electron chi connectivity index (χ0n) is 17.8. The number of para-hydroxylation sites is 1. The number of hydrogen-bond donors (Lipinski definition) is 2. The Bertz CT molecular complexity index is 1360. The number of amides is 1. The Morgan fingerprint density at radius 2 is 1.63 bits per heavy atom. The molecule has 2 heterocycles. The van der Waals surface area contributed by atoms with Crippen molar-refractivity contribution in [3.8, 4) is 11.4 Å². The molecule has 35 heavy (non-hydrogen) atoms. The maximum absolute atomic E-state index is 13.6. The minimum Gasteiger partial charge on any atom is -0.324 e. The fourth-order valence-electron chi connectivity index (χ4n) is 3.79. The van der Waals surface area contributed by atoms with Gasteiger partial charge < -0.3 is 10.7 Å². The zero-order valence-corrected chi connectivity index (χ0v) is 18.6. The highest BCUT2D eigenvalue weighted by molar-refractivity contribution is 8.00. The maximum Gasteiger partial charge on any atom is 0.418 e. The Morgan fingerprint density at radius 1 is 0.943 bits per heavy atom. The van der Waals surface area contributed by atoms with Gasteiger partial charge in [-0.3, -0.25) is 4.79 Å². The summed E-state index contributed by atoms with van der Waals surface area (Å²) in [6.45, 7) is 0. The van der Waals surface area contributed by atoms with Gasteiger partial charge in [0.2, 0.25) is 11.1 Å². The number of benzene rings is 3. The molecule has 5 rings (SSSR count). The monoisotopic (exact) mass is 499 g/mol. The second kappa shape index (κ2) is 9.06. The molecule has 6 nitrogen and oxygen atoms in total. The van der Waals surface area contributed by atoms with Crippen LogP contribution in [0.1, 0.15) is 17.2 Å². The van der Waals surface area contributed by atoms with Crippen molar-refractivity contribution in [3.63, 3.8) is 0 Å². The van der Waals surface area contributed by atoms with E-state index in [1.807, 2.05) is 30.3 Å². The number of rotatable bonds is 4. The summed E-state index contributed by atoms with van der Waals surface area (Å²) in [6, 6.07) is 18.9. The molecule has 178 valence electrons. The second-order valence-corrected chi connectivity index (χ2v) is 8.85. The molecule has 0 radical (unpaired) electrons. The van der Waals surface area contributed by atoms with Gasteiger partial charge in [-0.15, -0.1) is 10.2 Å². The third kappa shape index (κ3) is 4.59. The summed E-state index contributed by atoms with van der Waals surface area (Å²) >= 11 is 1.06. The van der Waals surface area contributed by atoms with E-state index in [4.69, 9.17) is 0 Å². The second-order valence-electron chi connectivity index (χ2n) is 7.74. The summed E-state index contributed by atoms with van der Waals surface area (Å²) in [7, 11) is 0. The fraction of sp³-hybridized carbons (Fsp3) is 0.125. The number of nitrogens with one attached hydrogen (secondary N) is 2. The Labute approximate surface area is 201 Å².